The van der Waals surface area contributed by atoms with E-state index in [0.29, 0.717) is 16.6 Å². The van der Waals surface area contributed by atoms with Crippen molar-refractivity contribution in [2.24, 2.45) is 0 Å². The van der Waals surface area contributed by atoms with Crippen LogP contribution in [0, 0.1) is 13.8 Å². The second-order valence-electron chi connectivity index (χ2n) is 5.20. The Balaban J connectivity index is 1.87. The lowest BCUT2D eigenvalue weighted by Crippen LogP contribution is -2.27. The number of aromatic nitrogens is 4. The summed E-state index contributed by atoms with van der Waals surface area (Å²) in [6.45, 7) is 3.94. The summed E-state index contributed by atoms with van der Waals surface area (Å²) in [7, 11) is 0. The van der Waals surface area contributed by atoms with Crippen molar-refractivity contribution < 1.29 is 4.79 Å². The number of carbonyl (C=O) groups excluding carboxylic acids is 1. The summed E-state index contributed by atoms with van der Waals surface area (Å²) in [5.74, 6) is 0.143. The third kappa shape index (κ3) is 3.08. The number of hydrogen-bond donors (Lipinski definition) is 2. The van der Waals surface area contributed by atoms with E-state index in [1.54, 1.807) is 24.3 Å². The number of benzene rings is 1. The Morgan fingerprint density at radius 1 is 1.13 bits per heavy atom. The van der Waals surface area contributed by atoms with Gasteiger partial charge in [0.2, 0.25) is 0 Å². The van der Waals surface area contributed by atoms with Crippen LogP contribution in [-0.2, 0) is 6.54 Å². The Hall–Kier alpha value is -3.09. The first-order valence-corrected chi connectivity index (χ1v) is 7.11. The third-order valence-electron chi connectivity index (χ3n) is 3.35. The Morgan fingerprint density at radius 2 is 1.78 bits per heavy atom. The molecule has 3 aromatic rings. The fourth-order valence-electron chi connectivity index (χ4n) is 2.41. The van der Waals surface area contributed by atoms with Gasteiger partial charge < -0.3 is 5.32 Å². The Kier molecular flexibility index (Phi) is 3.84. The van der Waals surface area contributed by atoms with Crippen LogP contribution < -0.4 is 10.9 Å². The lowest BCUT2D eigenvalue weighted by molar-refractivity contribution is 0.0945. The number of amides is 1. The van der Waals surface area contributed by atoms with E-state index in [2.05, 4.69) is 25.5 Å². The molecule has 23 heavy (non-hydrogen) atoms. The van der Waals surface area contributed by atoms with Gasteiger partial charge in [-0.05, 0) is 26.0 Å². The quantitative estimate of drug-likeness (QED) is 0.758. The zero-order chi connectivity index (χ0) is 16.4. The lowest BCUT2D eigenvalue weighted by Gasteiger charge is -2.07. The summed E-state index contributed by atoms with van der Waals surface area (Å²) in [5, 5.41) is 9.87. The van der Waals surface area contributed by atoms with E-state index < -0.39 is 0 Å². The van der Waals surface area contributed by atoms with Gasteiger partial charge in [-0.15, -0.1) is 0 Å². The highest BCUT2D eigenvalue weighted by molar-refractivity contribution is 6.04. The fraction of sp³-hybridized carbons (Fsp3) is 0.188. The number of H-pyrrole nitrogens is 1. The van der Waals surface area contributed by atoms with Crippen LogP contribution in [0.3, 0.4) is 0 Å². The highest BCUT2D eigenvalue weighted by Crippen LogP contribution is 2.12. The first kappa shape index (κ1) is 14.8. The van der Waals surface area contributed by atoms with Crippen LogP contribution in [0.1, 0.15) is 27.7 Å². The molecule has 116 valence electrons. The van der Waals surface area contributed by atoms with Crippen molar-refractivity contribution >= 4 is 16.7 Å². The summed E-state index contributed by atoms with van der Waals surface area (Å²) < 4.78 is 0. The molecule has 0 unspecified atom stereocenters. The van der Waals surface area contributed by atoms with Crippen LogP contribution in [-0.4, -0.2) is 26.1 Å². The number of aryl methyl sites for hydroxylation is 2. The molecule has 0 aliphatic rings. The summed E-state index contributed by atoms with van der Waals surface area (Å²) in [5.41, 5.74) is 1.53. The van der Waals surface area contributed by atoms with Crippen LogP contribution in [0.15, 0.2) is 35.1 Å². The number of carbonyl (C=O) groups is 1. The molecule has 0 saturated heterocycles. The molecule has 7 heteroatoms. The molecule has 0 atom stereocenters. The highest BCUT2D eigenvalue weighted by atomic mass is 16.2. The first-order valence-electron chi connectivity index (χ1n) is 7.11. The first-order chi connectivity index (χ1) is 11.0. The lowest BCUT2D eigenvalue weighted by atomic mass is 10.1. The van der Waals surface area contributed by atoms with E-state index in [0.717, 1.165) is 11.4 Å². The monoisotopic (exact) mass is 309 g/mol. The molecule has 0 aliphatic heterocycles. The van der Waals surface area contributed by atoms with Gasteiger partial charge >= 0.3 is 0 Å². The summed E-state index contributed by atoms with van der Waals surface area (Å²) >= 11 is 0. The van der Waals surface area contributed by atoms with Crippen LogP contribution in [0.5, 0.6) is 0 Å². The Bertz CT molecular complexity index is 928. The van der Waals surface area contributed by atoms with Crippen molar-refractivity contribution in [3.8, 4) is 0 Å². The molecule has 2 N–H and O–H groups in total. The molecule has 1 amide bonds. The molecule has 1 aromatic carbocycles. The molecule has 3 rings (SSSR count). The smallest absolute Gasteiger partial charge is 0.272 e. The van der Waals surface area contributed by atoms with Gasteiger partial charge in [0.25, 0.3) is 11.5 Å². The average molecular weight is 309 g/mol. The third-order valence-corrected chi connectivity index (χ3v) is 3.35. The van der Waals surface area contributed by atoms with Crippen LogP contribution >= 0.6 is 0 Å². The van der Waals surface area contributed by atoms with Gasteiger partial charge in [-0.3, -0.25) is 9.59 Å². The van der Waals surface area contributed by atoms with Gasteiger partial charge in [0.05, 0.1) is 11.9 Å². The second-order valence-corrected chi connectivity index (χ2v) is 5.20. The van der Waals surface area contributed by atoms with Crippen molar-refractivity contribution in [3.63, 3.8) is 0 Å². The number of nitrogens with zero attached hydrogens (tertiary/aromatic N) is 3. The molecular weight excluding hydrogens is 294 g/mol. The molecule has 0 radical (unpaired) electrons. The molecule has 0 saturated carbocycles. The van der Waals surface area contributed by atoms with Gasteiger partial charge in [-0.25, -0.2) is 15.1 Å². The Morgan fingerprint density at radius 3 is 2.48 bits per heavy atom. The summed E-state index contributed by atoms with van der Waals surface area (Å²) in [4.78, 5) is 32.6. The van der Waals surface area contributed by atoms with Gasteiger partial charge in [-0.1, -0.05) is 18.2 Å². The van der Waals surface area contributed by atoms with Crippen molar-refractivity contribution in [1.82, 2.24) is 25.5 Å². The molecule has 0 spiro atoms. The maximum absolute atomic E-state index is 12.4. The molecular formula is C16H15N5O2. The highest BCUT2D eigenvalue weighted by Gasteiger charge is 2.14. The maximum atomic E-state index is 12.4. The average Bonchev–Trinajstić information content (AvgIpc) is 2.52. The van der Waals surface area contributed by atoms with E-state index in [-0.39, 0.29) is 23.7 Å². The number of fused-ring (bicyclic) bond motifs is 1. The largest absolute Gasteiger partial charge is 0.343 e. The standard InChI is InChI=1S/C16H15N5O2/c1-9-7-10(2)19-13(18-9)8-17-16(23)14-11-5-3-4-6-12(11)15(22)21-20-14/h3-7H,8H2,1-2H3,(H,17,23)(H,21,22). The van der Waals surface area contributed by atoms with Gasteiger partial charge in [0, 0.05) is 16.8 Å². The topological polar surface area (TPSA) is 101 Å². The SMILES string of the molecule is Cc1cc(C)nc(CNC(=O)c2n[nH]c(=O)c3ccccc23)n1. The van der Waals surface area contributed by atoms with Crippen LogP contribution in [0.4, 0.5) is 0 Å². The Labute approximate surface area is 131 Å². The van der Waals surface area contributed by atoms with E-state index in [1.165, 1.54) is 0 Å². The van der Waals surface area contributed by atoms with E-state index >= 15 is 0 Å². The van der Waals surface area contributed by atoms with Crippen molar-refractivity contribution in [3.05, 3.63) is 63.6 Å². The minimum atomic E-state index is -0.389. The molecule has 0 fully saturated rings. The van der Waals surface area contributed by atoms with Crippen molar-refractivity contribution in [2.75, 3.05) is 0 Å². The number of aromatic amines is 1. The van der Waals surface area contributed by atoms with Gasteiger partial charge in [0.1, 0.15) is 5.82 Å². The number of hydrogen-bond acceptors (Lipinski definition) is 5. The summed E-state index contributed by atoms with van der Waals surface area (Å²) in [6.07, 6.45) is 0. The molecule has 0 aliphatic carbocycles. The number of rotatable bonds is 3. The molecule has 7 nitrogen and oxygen atoms in total. The predicted octanol–water partition coefficient (Wildman–Crippen LogP) is 1.26. The molecule has 2 heterocycles. The van der Waals surface area contributed by atoms with E-state index in [9.17, 15) is 9.59 Å². The zero-order valence-corrected chi connectivity index (χ0v) is 12.8. The van der Waals surface area contributed by atoms with E-state index in [1.807, 2.05) is 19.9 Å². The van der Waals surface area contributed by atoms with Crippen LogP contribution in [0.25, 0.3) is 10.8 Å². The minimum Gasteiger partial charge on any atom is -0.343 e. The van der Waals surface area contributed by atoms with Crippen molar-refractivity contribution in [1.29, 1.82) is 0 Å². The minimum absolute atomic E-state index is 0.171. The summed E-state index contributed by atoms with van der Waals surface area (Å²) in [6, 6.07) is 8.71. The van der Waals surface area contributed by atoms with Gasteiger partial charge in [-0.2, -0.15) is 5.10 Å². The van der Waals surface area contributed by atoms with Crippen LogP contribution in [0.2, 0.25) is 0 Å². The van der Waals surface area contributed by atoms with E-state index in [4.69, 9.17) is 0 Å². The maximum Gasteiger partial charge on any atom is 0.272 e. The zero-order valence-electron chi connectivity index (χ0n) is 12.8. The fourth-order valence-corrected chi connectivity index (χ4v) is 2.41. The van der Waals surface area contributed by atoms with Gasteiger partial charge in [0.15, 0.2) is 5.69 Å². The molecule has 2 aromatic heterocycles. The van der Waals surface area contributed by atoms with Crippen molar-refractivity contribution in [2.45, 2.75) is 20.4 Å². The molecule has 0 bridgehead atoms. The second kappa shape index (κ2) is 5.96. The number of nitrogens with one attached hydrogen (secondary N) is 2. The normalized spacial score (nSPS) is 10.7. The predicted molar refractivity (Wildman–Crippen MR) is 85.0 cm³/mol.